The van der Waals surface area contributed by atoms with Crippen LogP contribution in [0, 0.1) is 36.8 Å². The van der Waals surface area contributed by atoms with Crippen LogP contribution >= 0.6 is 0 Å². The molecule has 0 aliphatic carbocycles. The van der Waals surface area contributed by atoms with E-state index < -0.39 is 35.6 Å². The van der Waals surface area contributed by atoms with Crippen LogP contribution in [0.3, 0.4) is 0 Å². The number of benzene rings is 2. The summed E-state index contributed by atoms with van der Waals surface area (Å²) < 4.78 is 39.0. The summed E-state index contributed by atoms with van der Waals surface area (Å²) >= 11 is 0. The summed E-state index contributed by atoms with van der Waals surface area (Å²) in [7, 11) is 1.58. The number of esters is 1. The van der Waals surface area contributed by atoms with Gasteiger partial charge in [-0.1, -0.05) is 0 Å². The smallest absolute Gasteiger partial charge is 0.349 e. The van der Waals surface area contributed by atoms with E-state index in [1.807, 2.05) is 42.7 Å². The first-order chi connectivity index (χ1) is 15.7. The second-order valence-corrected chi connectivity index (χ2v) is 7.15. The van der Waals surface area contributed by atoms with Gasteiger partial charge in [0.05, 0.1) is 12.7 Å². The normalized spacial score (nSPS) is 11.1. The molecule has 0 atom stereocenters. The summed E-state index contributed by atoms with van der Waals surface area (Å²) in [4.78, 5) is 24.5. The lowest BCUT2D eigenvalue weighted by atomic mass is 10.1. The Balaban J connectivity index is 1.80. The highest BCUT2D eigenvalue weighted by Crippen LogP contribution is 2.24. The van der Waals surface area contributed by atoms with Crippen LogP contribution in [0.15, 0.2) is 54.1 Å². The maximum absolute atomic E-state index is 13.7. The Labute approximate surface area is 189 Å². The van der Waals surface area contributed by atoms with E-state index in [-0.39, 0.29) is 5.57 Å². The Morgan fingerprint density at radius 2 is 1.79 bits per heavy atom. The van der Waals surface area contributed by atoms with Crippen LogP contribution in [0.25, 0.3) is 11.8 Å². The highest BCUT2D eigenvalue weighted by atomic mass is 19.1. The van der Waals surface area contributed by atoms with Gasteiger partial charge in [0.15, 0.2) is 6.61 Å². The number of hydrogen-bond donors (Lipinski definition) is 0. The molecule has 1 heterocycles. The summed E-state index contributed by atoms with van der Waals surface area (Å²) in [5.41, 5.74) is 2.25. The van der Waals surface area contributed by atoms with Crippen LogP contribution in [0.5, 0.6) is 5.75 Å². The SMILES string of the molecule is COc1ccc(-n2c(C)cc(C=C(C#N)C(=O)OCC(=O)c3cc(F)ccc3F)c2C)cc1. The Morgan fingerprint density at radius 1 is 1.09 bits per heavy atom. The molecule has 168 valence electrons. The fraction of sp³-hybridized carbons (Fsp3) is 0.160. The van der Waals surface area contributed by atoms with Crippen molar-refractivity contribution in [2.45, 2.75) is 13.8 Å². The molecule has 1 aromatic heterocycles. The van der Waals surface area contributed by atoms with E-state index in [1.54, 1.807) is 19.2 Å². The Bertz CT molecular complexity index is 1280. The number of nitriles is 1. The highest BCUT2D eigenvalue weighted by molar-refractivity contribution is 6.02. The molecule has 0 N–H and O–H groups in total. The van der Waals surface area contributed by atoms with Crippen molar-refractivity contribution in [3.05, 3.63) is 88.3 Å². The van der Waals surface area contributed by atoms with Crippen LogP contribution in [-0.2, 0) is 9.53 Å². The number of nitrogens with zero attached hydrogens (tertiary/aromatic N) is 2. The van der Waals surface area contributed by atoms with Crippen LogP contribution in [0.1, 0.15) is 27.3 Å². The zero-order chi connectivity index (χ0) is 24.1. The maximum Gasteiger partial charge on any atom is 0.349 e. The first-order valence-corrected chi connectivity index (χ1v) is 9.85. The molecule has 0 amide bonds. The second kappa shape index (κ2) is 9.92. The van der Waals surface area contributed by atoms with Gasteiger partial charge < -0.3 is 14.0 Å². The molecule has 2 aromatic carbocycles. The summed E-state index contributed by atoms with van der Waals surface area (Å²) in [6.07, 6.45) is 1.36. The lowest BCUT2D eigenvalue weighted by Gasteiger charge is -2.10. The quantitative estimate of drug-likeness (QED) is 0.225. The molecule has 0 fully saturated rings. The average molecular weight is 450 g/mol. The first-order valence-electron chi connectivity index (χ1n) is 9.85. The van der Waals surface area contributed by atoms with Crippen molar-refractivity contribution in [1.29, 1.82) is 5.26 Å². The molecule has 0 saturated carbocycles. The molecule has 3 rings (SSSR count). The third-order valence-electron chi connectivity index (χ3n) is 5.00. The van der Waals surface area contributed by atoms with Crippen LogP contribution in [0.4, 0.5) is 8.78 Å². The van der Waals surface area contributed by atoms with E-state index in [0.717, 1.165) is 35.3 Å². The Hall–Kier alpha value is -4.25. The molecular formula is C25H20F2N2O4. The van der Waals surface area contributed by atoms with Gasteiger partial charge in [0.25, 0.3) is 0 Å². The number of aromatic nitrogens is 1. The van der Waals surface area contributed by atoms with Gasteiger partial charge in [-0.15, -0.1) is 0 Å². The lowest BCUT2D eigenvalue weighted by Crippen LogP contribution is -2.16. The van der Waals surface area contributed by atoms with E-state index in [2.05, 4.69) is 0 Å². The van der Waals surface area contributed by atoms with Gasteiger partial charge in [-0.25, -0.2) is 13.6 Å². The van der Waals surface area contributed by atoms with Gasteiger partial charge in [-0.3, -0.25) is 4.79 Å². The maximum atomic E-state index is 13.7. The third-order valence-corrected chi connectivity index (χ3v) is 5.00. The number of carbonyl (C=O) groups is 2. The van der Waals surface area contributed by atoms with Crippen molar-refractivity contribution < 1.29 is 27.8 Å². The van der Waals surface area contributed by atoms with Gasteiger partial charge >= 0.3 is 5.97 Å². The zero-order valence-electron chi connectivity index (χ0n) is 18.2. The van der Waals surface area contributed by atoms with Crippen molar-refractivity contribution in [3.63, 3.8) is 0 Å². The molecular weight excluding hydrogens is 430 g/mol. The topological polar surface area (TPSA) is 81.3 Å². The molecule has 0 saturated heterocycles. The van der Waals surface area contributed by atoms with E-state index >= 15 is 0 Å². The summed E-state index contributed by atoms with van der Waals surface area (Å²) in [5.74, 6) is -2.98. The molecule has 0 aliphatic rings. The van der Waals surface area contributed by atoms with Gasteiger partial charge in [0.2, 0.25) is 5.78 Å². The zero-order valence-corrected chi connectivity index (χ0v) is 18.2. The van der Waals surface area contributed by atoms with E-state index in [9.17, 15) is 23.6 Å². The minimum Gasteiger partial charge on any atom is -0.497 e. The van der Waals surface area contributed by atoms with Crippen molar-refractivity contribution >= 4 is 17.8 Å². The first kappa shape index (κ1) is 23.4. The van der Waals surface area contributed by atoms with Crippen molar-refractivity contribution in [2.75, 3.05) is 13.7 Å². The number of hydrogen-bond acceptors (Lipinski definition) is 5. The molecule has 0 bridgehead atoms. The molecule has 6 nitrogen and oxygen atoms in total. The minimum absolute atomic E-state index is 0.336. The third kappa shape index (κ3) is 5.15. The number of ketones is 1. The minimum atomic E-state index is -1.04. The number of ether oxygens (including phenoxy) is 2. The predicted octanol–water partition coefficient (Wildman–Crippen LogP) is 4.71. The number of methoxy groups -OCH3 is 1. The number of rotatable bonds is 7. The molecule has 8 heteroatoms. The molecule has 3 aromatic rings. The Morgan fingerprint density at radius 3 is 2.42 bits per heavy atom. The number of aryl methyl sites for hydroxylation is 1. The van der Waals surface area contributed by atoms with E-state index in [0.29, 0.717) is 11.3 Å². The summed E-state index contributed by atoms with van der Waals surface area (Å²) in [5, 5.41) is 9.43. The molecule has 33 heavy (non-hydrogen) atoms. The van der Waals surface area contributed by atoms with Gasteiger partial charge in [-0.05, 0) is 74.0 Å². The molecule has 0 radical (unpaired) electrons. The number of carbonyl (C=O) groups excluding carboxylic acids is 2. The van der Waals surface area contributed by atoms with Crippen LogP contribution in [-0.4, -0.2) is 30.0 Å². The fourth-order valence-corrected chi connectivity index (χ4v) is 3.35. The summed E-state index contributed by atoms with van der Waals surface area (Å²) in [6, 6.07) is 13.4. The monoisotopic (exact) mass is 450 g/mol. The highest BCUT2D eigenvalue weighted by Gasteiger charge is 2.18. The fourth-order valence-electron chi connectivity index (χ4n) is 3.35. The van der Waals surface area contributed by atoms with Gasteiger partial charge in [0.1, 0.15) is 29.0 Å². The largest absolute Gasteiger partial charge is 0.497 e. The average Bonchev–Trinajstić information content (AvgIpc) is 3.09. The molecule has 0 spiro atoms. The van der Waals surface area contributed by atoms with Crippen molar-refractivity contribution in [3.8, 4) is 17.5 Å². The van der Waals surface area contributed by atoms with Crippen molar-refractivity contribution in [1.82, 2.24) is 4.57 Å². The van der Waals surface area contributed by atoms with Crippen molar-refractivity contribution in [2.24, 2.45) is 0 Å². The van der Waals surface area contributed by atoms with Crippen LogP contribution in [0.2, 0.25) is 0 Å². The predicted molar refractivity (Wildman–Crippen MR) is 117 cm³/mol. The standard InChI is InChI=1S/C25H20F2N2O4/c1-15-10-17(16(2)29(15)20-5-7-21(32-3)8-6-20)11-18(13-28)25(31)33-14-24(30)22-12-19(26)4-9-23(22)27/h4-12H,14H2,1-3H3. The Kier molecular flexibility index (Phi) is 7.04. The second-order valence-electron chi connectivity index (χ2n) is 7.15. The van der Waals surface area contributed by atoms with E-state index in [4.69, 9.17) is 9.47 Å². The van der Waals surface area contributed by atoms with Gasteiger partial charge in [0, 0.05) is 17.1 Å². The van der Waals surface area contributed by atoms with E-state index in [1.165, 1.54) is 6.08 Å². The lowest BCUT2D eigenvalue weighted by molar-refractivity contribution is -0.137. The summed E-state index contributed by atoms with van der Waals surface area (Å²) in [6.45, 7) is 2.88. The number of Topliss-reactive ketones (excluding diaryl/α,β-unsaturated/α-hetero) is 1. The van der Waals surface area contributed by atoms with Gasteiger partial charge in [-0.2, -0.15) is 5.26 Å². The van der Waals surface area contributed by atoms with Crippen LogP contribution < -0.4 is 4.74 Å². The number of halogens is 2. The molecule has 0 unspecified atom stereocenters. The molecule has 0 aliphatic heterocycles.